The van der Waals surface area contributed by atoms with Crippen LogP contribution in [0, 0.1) is 0 Å². The summed E-state index contributed by atoms with van der Waals surface area (Å²) in [5.41, 5.74) is 0.907. The molecular weight excluding hydrogens is 250 g/mol. The third kappa shape index (κ3) is 2.35. The highest BCUT2D eigenvalue weighted by molar-refractivity contribution is 5.91. The molecule has 1 saturated carbocycles. The van der Waals surface area contributed by atoms with Gasteiger partial charge in [-0.05, 0) is 44.1 Å². The van der Waals surface area contributed by atoms with E-state index in [1.54, 1.807) is 0 Å². The molecule has 0 radical (unpaired) electrons. The van der Waals surface area contributed by atoms with Gasteiger partial charge in [0, 0.05) is 19.2 Å². The molecule has 0 aromatic heterocycles. The maximum atomic E-state index is 13.0. The molecule has 3 rings (SSSR count). The molecule has 2 aliphatic rings. The summed E-state index contributed by atoms with van der Waals surface area (Å²) in [7, 11) is 0. The van der Waals surface area contributed by atoms with Gasteiger partial charge >= 0.3 is 0 Å². The molecule has 1 saturated heterocycles. The Morgan fingerprint density at radius 2 is 2.00 bits per heavy atom. The fraction of sp³-hybridized carbons (Fsp3) is 0.588. The first-order valence-electron chi connectivity index (χ1n) is 7.75. The molecule has 2 fully saturated rings. The Labute approximate surface area is 120 Å². The fourth-order valence-corrected chi connectivity index (χ4v) is 3.50. The number of aliphatic hydroxyl groups is 1. The Hall–Kier alpha value is -1.35. The highest BCUT2D eigenvalue weighted by atomic mass is 16.3. The SMILES string of the molecule is O=C(N1CCCCC1CCO)C1(c2ccccc2)CC1. The summed E-state index contributed by atoms with van der Waals surface area (Å²) in [6, 6.07) is 10.4. The molecule has 3 heteroatoms. The van der Waals surface area contributed by atoms with Crippen LogP contribution in [0.2, 0.25) is 0 Å². The number of hydrogen-bond donors (Lipinski definition) is 1. The Kier molecular flexibility index (Phi) is 3.79. The van der Waals surface area contributed by atoms with Gasteiger partial charge in [0.2, 0.25) is 5.91 Å². The van der Waals surface area contributed by atoms with E-state index < -0.39 is 0 Å². The quantitative estimate of drug-likeness (QED) is 0.915. The molecule has 1 heterocycles. The lowest BCUT2D eigenvalue weighted by atomic mass is 9.91. The van der Waals surface area contributed by atoms with Crippen molar-refractivity contribution in [1.29, 1.82) is 0 Å². The molecule has 1 N–H and O–H groups in total. The zero-order valence-corrected chi connectivity index (χ0v) is 11.9. The van der Waals surface area contributed by atoms with E-state index in [2.05, 4.69) is 17.0 Å². The Bertz CT molecular complexity index is 465. The summed E-state index contributed by atoms with van der Waals surface area (Å²) in [6.07, 6.45) is 5.97. The predicted octanol–water partition coefficient (Wildman–Crippen LogP) is 2.48. The van der Waals surface area contributed by atoms with Crippen LogP contribution in [0.5, 0.6) is 0 Å². The third-order valence-corrected chi connectivity index (χ3v) is 4.84. The van der Waals surface area contributed by atoms with E-state index in [0.717, 1.165) is 38.6 Å². The molecule has 1 aromatic rings. The van der Waals surface area contributed by atoms with Crippen LogP contribution in [0.3, 0.4) is 0 Å². The maximum absolute atomic E-state index is 13.0. The highest BCUT2D eigenvalue weighted by Gasteiger charge is 2.53. The van der Waals surface area contributed by atoms with Crippen molar-refractivity contribution >= 4 is 5.91 Å². The molecule has 0 spiro atoms. The van der Waals surface area contributed by atoms with Crippen molar-refractivity contribution in [3.05, 3.63) is 35.9 Å². The summed E-state index contributed by atoms with van der Waals surface area (Å²) in [5, 5.41) is 9.22. The molecule has 0 bridgehead atoms. The maximum Gasteiger partial charge on any atom is 0.233 e. The number of amides is 1. The lowest BCUT2D eigenvalue weighted by Crippen LogP contribution is -2.48. The van der Waals surface area contributed by atoms with E-state index in [1.165, 1.54) is 12.0 Å². The lowest BCUT2D eigenvalue weighted by Gasteiger charge is -2.38. The molecule has 1 atom stereocenters. The normalized spacial score (nSPS) is 24.4. The first kappa shape index (κ1) is 13.6. The van der Waals surface area contributed by atoms with E-state index in [1.807, 2.05) is 18.2 Å². The molecule has 1 amide bonds. The van der Waals surface area contributed by atoms with E-state index in [9.17, 15) is 9.90 Å². The lowest BCUT2D eigenvalue weighted by molar-refractivity contribution is -0.138. The number of aliphatic hydroxyl groups excluding tert-OH is 1. The average molecular weight is 273 g/mol. The van der Waals surface area contributed by atoms with Crippen molar-refractivity contribution < 1.29 is 9.90 Å². The van der Waals surface area contributed by atoms with Crippen molar-refractivity contribution in [3.63, 3.8) is 0 Å². The van der Waals surface area contributed by atoms with Gasteiger partial charge in [-0.2, -0.15) is 0 Å². The summed E-state index contributed by atoms with van der Waals surface area (Å²) in [6.45, 7) is 1.03. The number of likely N-dealkylation sites (tertiary alicyclic amines) is 1. The minimum atomic E-state index is -0.258. The van der Waals surface area contributed by atoms with Gasteiger partial charge in [-0.15, -0.1) is 0 Å². The Morgan fingerprint density at radius 3 is 2.65 bits per heavy atom. The largest absolute Gasteiger partial charge is 0.396 e. The smallest absolute Gasteiger partial charge is 0.233 e. The van der Waals surface area contributed by atoms with Crippen molar-refractivity contribution in [2.75, 3.05) is 13.2 Å². The summed E-state index contributed by atoms with van der Waals surface area (Å²) in [5.74, 6) is 0.293. The Balaban J connectivity index is 1.81. The monoisotopic (exact) mass is 273 g/mol. The second-order valence-electron chi connectivity index (χ2n) is 6.11. The zero-order chi connectivity index (χ0) is 14.0. The topological polar surface area (TPSA) is 40.5 Å². The van der Waals surface area contributed by atoms with Gasteiger partial charge in [0.05, 0.1) is 5.41 Å². The van der Waals surface area contributed by atoms with Crippen LogP contribution in [-0.2, 0) is 10.2 Å². The third-order valence-electron chi connectivity index (χ3n) is 4.84. The number of carbonyl (C=O) groups is 1. The number of rotatable bonds is 4. The number of benzene rings is 1. The average Bonchev–Trinajstić information content (AvgIpc) is 3.30. The molecule has 20 heavy (non-hydrogen) atoms. The second kappa shape index (κ2) is 5.57. The molecule has 108 valence electrons. The summed E-state index contributed by atoms with van der Waals surface area (Å²) >= 11 is 0. The van der Waals surface area contributed by atoms with E-state index >= 15 is 0 Å². The molecule has 1 aliphatic carbocycles. The van der Waals surface area contributed by atoms with Gasteiger partial charge in [-0.25, -0.2) is 0 Å². The van der Waals surface area contributed by atoms with Gasteiger partial charge in [0.25, 0.3) is 0 Å². The fourth-order valence-electron chi connectivity index (χ4n) is 3.50. The number of hydrogen-bond acceptors (Lipinski definition) is 2. The van der Waals surface area contributed by atoms with Crippen molar-refractivity contribution in [2.45, 2.75) is 50.0 Å². The highest BCUT2D eigenvalue weighted by Crippen LogP contribution is 2.50. The minimum Gasteiger partial charge on any atom is -0.396 e. The van der Waals surface area contributed by atoms with Crippen LogP contribution in [0.1, 0.15) is 44.1 Å². The zero-order valence-electron chi connectivity index (χ0n) is 11.9. The number of nitrogens with zero attached hydrogens (tertiary/aromatic N) is 1. The van der Waals surface area contributed by atoms with Crippen LogP contribution in [0.25, 0.3) is 0 Å². The van der Waals surface area contributed by atoms with Crippen LogP contribution in [0.4, 0.5) is 0 Å². The molecule has 1 unspecified atom stereocenters. The first-order valence-corrected chi connectivity index (χ1v) is 7.75. The van der Waals surface area contributed by atoms with Gasteiger partial charge in [0.15, 0.2) is 0 Å². The number of carbonyl (C=O) groups excluding carboxylic acids is 1. The van der Waals surface area contributed by atoms with Gasteiger partial charge in [0.1, 0.15) is 0 Å². The van der Waals surface area contributed by atoms with Crippen LogP contribution < -0.4 is 0 Å². The first-order chi connectivity index (χ1) is 9.78. The molecule has 1 aromatic carbocycles. The van der Waals surface area contributed by atoms with E-state index in [4.69, 9.17) is 0 Å². The van der Waals surface area contributed by atoms with Gasteiger partial charge < -0.3 is 10.0 Å². The summed E-state index contributed by atoms with van der Waals surface area (Å²) in [4.78, 5) is 15.1. The number of piperidine rings is 1. The predicted molar refractivity (Wildman–Crippen MR) is 78.4 cm³/mol. The van der Waals surface area contributed by atoms with Gasteiger partial charge in [-0.1, -0.05) is 30.3 Å². The van der Waals surface area contributed by atoms with E-state index in [0.29, 0.717) is 5.91 Å². The molecule has 3 nitrogen and oxygen atoms in total. The van der Waals surface area contributed by atoms with Crippen LogP contribution in [-0.4, -0.2) is 35.1 Å². The van der Waals surface area contributed by atoms with Crippen molar-refractivity contribution in [2.24, 2.45) is 0 Å². The molecular formula is C17H23NO2. The summed E-state index contributed by atoms with van der Waals surface area (Å²) < 4.78 is 0. The van der Waals surface area contributed by atoms with Crippen LogP contribution in [0.15, 0.2) is 30.3 Å². The van der Waals surface area contributed by atoms with Crippen LogP contribution >= 0.6 is 0 Å². The van der Waals surface area contributed by atoms with E-state index in [-0.39, 0.29) is 18.1 Å². The Morgan fingerprint density at radius 1 is 1.25 bits per heavy atom. The van der Waals surface area contributed by atoms with Crippen molar-refractivity contribution in [3.8, 4) is 0 Å². The second-order valence-corrected chi connectivity index (χ2v) is 6.11. The standard InChI is InChI=1S/C17H23NO2/c19-13-9-15-8-4-5-12-18(15)16(20)17(10-11-17)14-6-2-1-3-7-14/h1-3,6-7,15,19H,4-5,8-13H2. The minimum absolute atomic E-state index is 0.173. The molecule has 1 aliphatic heterocycles. The van der Waals surface area contributed by atoms with Gasteiger partial charge in [-0.3, -0.25) is 4.79 Å². The van der Waals surface area contributed by atoms with Crippen molar-refractivity contribution in [1.82, 2.24) is 4.90 Å².